The van der Waals surface area contributed by atoms with Gasteiger partial charge in [-0.2, -0.15) is 0 Å². The fourth-order valence-corrected chi connectivity index (χ4v) is 17.2. The van der Waals surface area contributed by atoms with Gasteiger partial charge in [0.05, 0.1) is 55.8 Å². The molecule has 544 valence electrons. The number of nitrogens with two attached hydrogens (primary N) is 2. The Balaban J connectivity index is 0.876. The van der Waals surface area contributed by atoms with Gasteiger partial charge in [0.25, 0.3) is 11.4 Å². The van der Waals surface area contributed by atoms with Crippen LogP contribution < -0.4 is 11.5 Å². The van der Waals surface area contributed by atoms with E-state index in [2.05, 4.69) is 84.8 Å². The van der Waals surface area contributed by atoms with Crippen LogP contribution in [0.15, 0.2) is 60.7 Å². The van der Waals surface area contributed by atoms with Crippen LogP contribution in [-0.4, -0.2) is 28.9 Å². The fourth-order valence-electron chi connectivity index (χ4n) is 17.2. The number of hydrogen-bond donors (Lipinski definition) is 2. The van der Waals surface area contributed by atoms with E-state index in [0.29, 0.717) is 90.6 Å². The maximum Gasteiger partial charge on any atom is 0.278 e. The van der Waals surface area contributed by atoms with E-state index in [4.69, 9.17) is 21.4 Å². The third kappa shape index (κ3) is 18.4. The number of anilines is 2. The predicted octanol–water partition coefficient (Wildman–Crippen LogP) is 26.7. The number of nitro groups is 2. The maximum absolute atomic E-state index is 13.8. The fraction of sp³-hybridized carbons (Fsp3) is 0.578. The summed E-state index contributed by atoms with van der Waals surface area (Å²) in [4.78, 5) is 37.5. The van der Waals surface area contributed by atoms with Crippen molar-refractivity contribution in [3.8, 4) is 46.5 Å². The summed E-state index contributed by atoms with van der Waals surface area (Å²) in [6.45, 7) is 10.0. The first-order valence-electron chi connectivity index (χ1n) is 41.2. The summed E-state index contributed by atoms with van der Waals surface area (Å²) in [6.07, 6.45) is 56.7. The van der Waals surface area contributed by atoms with E-state index in [1.165, 1.54) is 257 Å². The molecule has 0 amide bonds. The van der Waals surface area contributed by atoms with Gasteiger partial charge in [-0.25, -0.2) is 9.97 Å². The number of benzene rings is 7. The van der Waals surface area contributed by atoms with E-state index in [9.17, 15) is 20.2 Å². The quantitative estimate of drug-likeness (QED) is 0.00721. The SMILES string of the molecule is CCCCCCCCCCCCC(C#Cc1cc2c(cc1N)nc1n2Cc2ccc3c4c([N+](=O)[O-])cc5c6c(ccc(c7c([N+](=O)[O-])cc-1c2c37)c64)Cn1c-5nc2cc(N)c(C#CC(CCCCCCCCCCCC)CCCCCCCCCCCC)cc21)CCCCCCCCCCCC. The highest BCUT2D eigenvalue weighted by molar-refractivity contribution is 6.39. The van der Waals surface area contributed by atoms with Crippen molar-refractivity contribution < 1.29 is 9.85 Å². The van der Waals surface area contributed by atoms with Gasteiger partial charge in [0.2, 0.25) is 0 Å². The molecule has 7 aromatic carbocycles. The van der Waals surface area contributed by atoms with Crippen molar-refractivity contribution in [3.63, 3.8) is 0 Å². The molecule has 0 spiro atoms. The molecule has 0 radical (unpaired) electrons. The van der Waals surface area contributed by atoms with Gasteiger partial charge in [-0.1, -0.05) is 332 Å². The van der Waals surface area contributed by atoms with Gasteiger partial charge in [0, 0.05) is 68.4 Å². The Bertz CT molecular complexity index is 4090. The number of nitrogen functional groups attached to an aromatic ring is 2. The van der Waals surface area contributed by atoms with Crippen LogP contribution in [-0.2, 0) is 13.1 Å². The Morgan fingerprint density at radius 3 is 0.951 bits per heavy atom. The highest BCUT2D eigenvalue weighted by Gasteiger charge is 2.35. The lowest BCUT2D eigenvalue weighted by Crippen LogP contribution is -2.11. The molecule has 12 heteroatoms. The monoisotopic (exact) mass is 1380 g/mol. The zero-order valence-electron chi connectivity index (χ0n) is 62.9. The number of imidazole rings is 2. The molecule has 0 saturated carbocycles. The average Bonchev–Trinajstić information content (AvgIpc) is 1.03. The summed E-state index contributed by atoms with van der Waals surface area (Å²) in [5.41, 5.74) is 22.6. The van der Waals surface area contributed by atoms with E-state index in [0.717, 1.165) is 69.7 Å². The van der Waals surface area contributed by atoms with Crippen molar-refractivity contribution in [2.24, 2.45) is 11.8 Å². The summed E-state index contributed by atoms with van der Waals surface area (Å²) in [5.74, 6) is 16.5. The Labute approximate surface area is 609 Å². The standard InChI is InChI=1S/C90H120N8O4/c1-5-9-13-17-21-25-29-33-37-41-45-65(46-42-38-34-30-26-22-18-14-10-6-2)49-51-67-57-79-77(61-75(67)91)93-89-73-59-81(97(99)100)85-72-56-54-70-64-96-80-58-68(52-50-66(47-43-39-35-31-27-23-19-15-11-7-3)48-44-40-36-32-28-24-20-16-12-8-4)76(92)62-78(80)94-90(96)74-60-82(98(101)102)86(88(72)84(70)74)71-55-53-69(63-95(79)89)83(73)87(71)85/h53-62,65-66H,5-48,63-64,91-92H2,1-4H3. The maximum atomic E-state index is 13.8. The molecule has 12 nitrogen and oxygen atoms in total. The van der Waals surface area contributed by atoms with Gasteiger partial charge in [-0.05, 0) is 82.6 Å². The topological polar surface area (TPSA) is 174 Å². The van der Waals surface area contributed by atoms with Gasteiger partial charge >= 0.3 is 0 Å². The molecule has 2 aliphatic heterocycles. The third-order valence-corrected chi connectivity index (χ3v) is 23.1. The molecule has 0 saturated heterocycles. The van der Waals surface area contributed by atoms with Crippen molar-refractivity contribution in [2.75, 3.05) is 11.5 Å². The predicted molar refractivity (Wildman–Crippen MR) is 432 cm³/mol. The number of rotatable bonds is 46. The van der Waals surface area contributed by atoms with Gasteiger partial charge in [-0.3, -0.25) is 20.2 Å². The summed E-state index contributed by atoms with van der Waals surface area (Å²) in [5, 5.41) is 32.7. The largest absolute Gasteiger partial charge is 0.398 e. The number of unbranched alkanes of at least 4 members (excludes halogenated alkanes) is 36. The summed E-state index contributed by atoms with van der Waals surface area (Å²) < 4.78 is 4.29. The molecule has 102 heavy (non-hydrogen) atoms. The van der Waals surface area contributed by atoms with Gasteiger partial charge in [0.1, 0.15) is 11.6 Å². The molecule has 0 unspecified atom stereocenters. The smallest absolute Gasteiger partial charge is 0.278 e. The van der Waals surface area contributed by atoms with Crippen molar-refractivity contribution >= 4 is 87.9 Å². The van der Waals surface area contributed by atoms with Gasteiger partial charge in [-0.15, -0.1) is 0 Å². The van der Waals surface area contributed by atoms with Crippen LogP contribution >= 0.6 is 0 Å². The van der Waals surface area contributed by atoms with Gasteiger partial charge < -0.3 is 20.6 Å². The van der Waals surface area contributed by atoms with Crippen LogP contribution in [0.1, 0.15) is 332 Å². The minimum atomic E-state index is -0.298. The van der Waals surface area contributed by atoms with Crippen molar-refractivity contribution in [3.05, 3.63) is 103 Å². The summed E-state index contributed by atoms with van der Waals surface area (Å²) in [7, 11) is 0. The molecule has 4 heterocycles. The van der Waals surface area contributed by atoms with Crippen LogP contribution in [0.25, 0.3) is 87.9 Å². The lowest BCUT2D eigenvalue weighted by atomic mass is 9.82. The molecule has 11 rings (SSSR count). The Kier molecular flexibility index (Phi) is 28.2. The second-order valence-electron chi connectivity index (χ2n) is 30.9. The number of hydrogen-bond acceptors (Lipinski definition) is 8. The van der Waals surface area contributed by atoms with Crippen LogP contribution in [0, 0.1) is 55.7 Å². The Hall–Kier alpha value is -7.70. The van der Waals surface area contributed by atoms with Gasteiger partial charge in [0.15, 0.2) is 0 Å². The van der Waals surface area contributed by atoms with E-state index < -0.39 is 0 Å². The first-order chi connectivity index (χ1) is 50.0. The molecule has 2 aromatic heterocycles. The first kappa shape index (κ1) is 75.5. The molecule has 0 atom stereocenters. The van der Waals surface area contributed by atoms with Crippen molar-refractivity contribution in [2.45, 2.75) is 323 Å². The van der Waals surface area contributed by atoms with E-state index in [-0.39, 0.29) is 33.1 Å². The second-order valence-corrected chi connectivity index (χ2v) is 30.9. The molecular weight excluding hydrogens is 1260 g/mol. The van der Waals surface area contributed by atoms with Crippen LogP contribution in [0.2, 0.25) is 0 Å². The highest BCUT2D eigenvalue weighted by atomic mass is 16.6. The summed E-state index contributed by atoms with van der Waals surface area (Å²) >= 11 is 0. The Morgan fingerprint density at radius 2 is 0.667 bits per heavy atom. The number of fused-ring (bicyclic) bond motifs is 10. The van der Waals surface area contributed by atoms with Crippen molar-refractivity contribution in [1.82, 2.24) is 19.1 Å². The number of nitrogens with zero attached hydrogens (tertiary/aromatic N) is 6. The number of aromatic nitrogens is 4. The lowest BCUT2D eigenvalue weighted by molar-refractivity contribution is -0.383. The molecule has 0 aliphatic carbocycles. The first-order valence-corrected chi connectivity index (χ1v) is 41.2. The highest BCUT2D eigenvalue weighted by Crippen LogP contribution is 2.54. The second kappa shape index (κ2) is 38.2. The van der Waals surface area contributed by atoms with Crippen LogP contribution in [0.5, 0.6) is 0 Å². The minimum absolute atomic E-state index is 0.0752. The van der Waals surface area contributed by atoms with Crippen LogP contribution in [0.4, 0.5) is 22.7 Å². The zero-order valence-corrected chi connectivity index (χ0v) is 62.9. The van der Waals surface area contributed by atoms with Crippen LogP contribution in [0.3, 0.4) is 0 Å². The third-order valence-electron chi connectivity index (χ3n) is 23.1. The molecule has 4 N–H and O–H groups in total. The Morgan fingerprint density at radius 1 is 0.382 bits per heavy atom. The molecule has 0 fully saturated rings. The van der Waals surface area contributed by atoms with E-state index in [1.807, 2.05) is 24.3 Å². The average molecular weight is 1380 g/mol. The summed E-state index contributed by atoms with van der Waals surface area (Å²) in [6, 6.07) is 19.4. The lowest BCUT2D eigenvalue weighted by Gasteiger charge is -2.25. The number of nitro benzene ring substituents is 2. The molecule has 0 bridgehead atoms. The van der Waals surface area contributed by atoms with Crippen molar-refractivity contribution in [1.29, 1.82) is 0 Å². The van der Waals surface area contributed by atoms with E-state index >= 15 is 0 Å². The normalized spacial score (nSPS) is 12.5. The molecule has 9 aromatic rings. The van der Waals surface area contributed by atoms with E-state index in [1.54, 1.807) is 12.1 Å². The number of non-ortho nitro benzene ring substituents is 2. The molecular formula is C90H120N8O4. The molecule has 2 aliphatic rings. The zero-order chi connectivity index (χ0) is 71.2. The minimum Gasteiger partial charge on any atom is -0.398 e.